The van der Waals surface area contributed by atoms with Crippen molar-refractivity contribution >= 4 is 11.8 Å². The lowest BCUT2D eigenvalue weighted by Gasteiger charge is -2.22. The Morgan fingerprint density at radius 2 is 2.27 bits per heavy atom. The van der Waals surface area contributed by atoms with Crippen LogP contribution in [-0.4, -0.2) is 41.8 Å². The Kier molecular flexibility index (Phi) is 4.30. The minimum Gasteiger partial charge on any atom is -0.395 e. The molecule has 0 aliphatic heterocycles. The highest BCUT2D eigenvalue weighted by molar-refractivity contribution is 5.48. The van der Waals surface area contributed by atoms with Gasteiger partial charge in [-0.2, -0.15) is 4.98 Å². The third kappa shape index (κ3) is 2.79. The maximum Gasteiger partial charge on any atom is 0.224 e. The zero-order chi connectivity index (χ0) is 11.3. The molecule has 0 aliphatic rings. The number of nitrogens with zero attached hydrogens (tertiary/aromatic N) is 3. The number of aryl methyl sites for hydroxylation is 1. The number of aliphatic hydroxyl groups excluding tert-OH is 1. The van der Waals surface area contributed by atoms with Crippen LogP contribution in [0.25, 0.3) is 0 Å². The van der Waals surface area contributed by atoms with Gasteiger partial charge in [0.05, 0.1) is 6.61 Å². The Labute approximate surface area is 90.2 Å². The summed E-state index contributed by atoms with van der Waals surface area (Å²) in [5.41, 5.74) is 1.02. The molecule has 84 valence electrons. The highest BCUT2D eigenvalue weighted by Crippen LogP contribution is 2.17. The fourth-order valence-corrected chi connectivity index (χ4v) is 1.41. The van der Waals surface area contributed by atoms with Crippen molar-refractivity contribution in [2.75, 3.05) is 37.0 Å². The van der Waals surface area contributed by atoms with E-state index in [0.29, 0.717) is 12.5 Å². The Balaban J connectivity index is 2.98. The van der Waals surface area contributed by atoms with Crippen LogP contribution >= 0.6 is 0 Å². The van der Waals surface area contributed by atoms with Gasteiger partial charge in [-0.3, -0.25) is 0 Å². The molecule has 0 fully saturated rings. The van der Waals surface area contributed by atoms with E-state index in [4.69, 9.17) is 5.11 Å². The second-order valence-electron chi connectivity index (χ2n) is 3.25. The largest absolute Gasteiger partial charge is 0.395 e. The standard InChI is InChI=1S/C10H18N4O/c1-4-14(5-6-15)9-8(2)7-12-10(11-3)13-9/h7,15H,4-6H2,1-3H3,(H,11,12,13). The molecule has 0 saturated heterocycles. The molecule has 1 aromatic heterocycles. The van der Waals surface area contributed by atoms with Gasteiger partial charge in [0.2, 0.25) is 5.95 Å². The first kappa shape index (κ1) is 11.7. The molecule has 0 radical (unpaired) electrons. The van der Waals surface area contributed by atoms with Gasteiger partial charge in [-0.15, -0.1) is 0 Å². The van der Waals surface area contributed by atoms with Gasteiger partial charge >= 0.3 is 0 Å². The smallest absolute Gasteiger partial charge is 0.224 e. The zero-order valence-electron chi connectivity index (χ0n) is 9.49. The van der Waals surface area contributed by atoms with E-state index in [0.717, 1.165) is 17.9 Å². The van der Waals surface area contributed by atoms with Gasteiger partial charge in [0.15, 0.2) is 0 Å². The Morgan fingerprint density at radius 3 is 2.80 bits per heavy atom. The van der Waals surface area contributed by atoms with Crippen molar-refractivity contribution in [3.05, 3.63) is 11.8 Å². The van der Waals surface area contributed by atoms with Crippen LogP contribution in [0.15, 0.2) is 6.20 Å². The van der Waals surface area contributed by atoms with Crippen LogP contribution in [0.2, 0.25) is 0 Å². The molecule has 0 saturated carbocycles. The van der Waals surface area contributed by atoms with Gasteiger partial charge in [-0.1, -0.05) is 0 Å². The maximum absolute atomic E-state index is 8.95. The average molecular weight is 210 g/mol. The monoisotopic (exact) mass is 210 g/mol. The average Bonchev–Trinajstić information content (AvgIpc) is 2.27. The molecule has 1 heterocycles. The Bertz CT molecular complexity index is 316. The van der Waals surface area contributed by atoms with Gasteiger partial charge in [-0.25, -0.2) is 4.98 Å². The highest BCUT2D eigenvalue weighted by atomic mass is 16.3. The lowest BCUT2D eigenvalue weighted by atomic mass is 10.3. The summed E-state index contributed by atoms with van der Waals surface area (Å²) in [5, 5.41) is 11.9. The molecular formula is C10H18N4O. The van der Waals surface area contributed by atoms with Gasteiger partial charge in [0.25, 0.3) is 0 Å². The second-order valence-corrected chi connectivity index (χ2v) is 3.25. The number of nitrogens with one attached hydrogen (secondary N) is 1. The van der Waals surface area contributed by atoms with Crippen LogP contribution in [-0.2, 0) is 0 Å². The molecule has 0 aromatic carbocycles. The molecule has 0 spiro atoms. The van der Waals surface area contributed by atoms with Crippen molar-refractivity contribution in [1.82, 2.24) is 9.97 Å². The molecule has 0 aliphatic carbocycles. The molecule has 0 bridgehead atoms. The van der Waals surface area contributed by atoms with E-state index in [-0.39, 0.29) is 6.61 Å². The van der Waals surface area contributed by atoms with E-state index in [9.17, 15) is 0 Å². The van der Waals surface area contributed by atoms with Crippen LogP contribution in [0.5, 0.6) is 0 Å². The number of hydrogen-bond acceptors (Lipinski definition) is 5. The molecule has 1 aromatic rings. The molecular weight excluding hydrogens is 192 g/mol. The number of rotatable bonds is 5. The number of hydrogen-bond donors (Lipinski definition) is 2. The fourth-order valence-electron chi connectivity index (χ4n) is 1.41. The van der Waals surface area contributed by atoms with E-state index in [1.807, 2.05) is 18.7 Å². The summed E-state index contributed by atoms with van der Waals surface area (Å²) in [5.74, 6) is 1.48. The highest BCUT2D eigenvalue weighted by Gasteiger charge is 2.09. The number of aromatic nitrogens is 2. The summed E-state index contributed by atoms with van der Waals surface area (Å²) in [4.78, 5) is 10.5. The summed E-state index contributed by atoms with van der Waals surface area (Å²) >= 11 is 0. The molecule has 2 N–H and O–H groups in total. The van der Waals surface area contributed by atoms with Gasteiger partial charge < -0.3 is 15.3 Å². The van der Waals surface area contributed by atoms with Crippen molar-refractivity contribution in [1.29, 1.82) is 0 Å². The van der Waals surface area contributed by atoms with E-state index in [2.05, 4.69) is 15.3 Å². The van der Waals surface area contributed by atoms with Crippen LogP contribution < -0.4 is 10.2 Å². The first-order valence-electron chi connectivity index (χ1n) is 5.10. The summed E-state index contributed by atoms with van der Waals surface area (Å²) < 4.78 is 0. The minimum absolute atomic E-state index is 0.131. The van der Waals surface area contributed by atoms with Gasteiger partial charge in [0, 0.05) is 31.9 Å². The second kappa shape index (κ2) is 5.50. The molecule has 5 nitrogen and oxygen atoms in total. The van der Waals surface area contributed by atoms with E-state index in [1.54, 1.807) is 13.2 Å². The van der Waals surface area contributed by atoms with E-state index < -0.39 is 0 Å². The molecule has 1 rings (SSSR count). The van der Waals surface area contributed by atoms with Crippen molar-refractivity contribution in [3.8, 4) is 0 Å². The lowest BCUT2D eigenvalue weighted by Crippen LogP contribution is -2.28. The number of likely N-dealkylation sites (N-methyl/N-ethyl adjacent to an activating group) is 1. The van der Waals surface area contributed by atoms with Gasteiger partial charge in [-0.05, 0) is 13.8 Å². The first-order valence-corrected chi connectivity index (χ1v) is 5.10. The van der Waals surface area contributed by atoms with Crippen molar-refractivity contribution < 1.29 is 5.11 Å². The Hall–Kier alpha value is -1.36. The maximum atomic E-state index is 8.95. The topological polar surface area (TPSA) is 61.3 Å². The SMILES string of the molecule is CCN(CCO)c1nc(NC)ncc1C. The summed E-state index contributed by atoms with van der Waals surface area (Å²) in [6.07, 6.45) is 1.79. The van der Waals surface area contributed by atoms with E-state index in [1.165, 1.54) is 0 Å². The van der Waals surface area contributed by atoms with Crippen LogP contribution in [0.4, 0.5) is 11.8 Å². The van der Waals surface area contributed by atoms with Gasteiger partial charge in [0.1, 0.15) is 5.82 Å². The van der Waals surface area contributed by atoms with Crippen LogP contribution in [0.1, 0.15) is 12.5 Å². The quantitative estimate of drug-likeness (QED) is 0.747. The molecule has 0 atom stereocenters. The summed E-state index contributed by atoms with van der Waals surface area (Å²) in [6.45, 7) is 5.55. The summed E-state index contributed by atoms with van der Waals surface area (Å²) in [7, 11) is 1.79. The molecule has 0 unspecified atom stereocenters. The fraction of sp³-hybridized carbons (Fsp3) is 0.600. The minimum atomic E-state index is 0.131. The lowest BCUT2D eigenvalue weighted by molar-refractivity contribution is 0.302. The van der Waals surface area contributed by atoms with Crippen LogP contribution in [0.3, 0.4) is 0 Å². The van der Waals surface area contributed by atoms with E-state index >= 15 is 0 Å². The van der Waals surface area contributed by atoms with Crippen molar-refractivity contribution in [3.63, 3.8) is 0 Å². The predicted molar refractivity (Wildman–Crippen MR) is 61.3 cm³/mol. The molecule has 0 amide bonds. The Morgan fingerprint density at radius 1 is 1.53 bits per heavy atom. The first-order chi connectivity index (χ1) is 7.22. The zero-order valence-corrected chi connectivity index (χ0v) is 9.49. The molecule has 15 heavy (non-hydrogen) atoms. The predicted octanol–water partition coefficient (Wildman–Crippen LogP) is 0.645. The number of aliphatic hydroxyl groups is 1. The van der Waals surface area contributed by atoms with Crippen molar-refractivity contribution in [2.45, 2.75) is 13.8 Å². The molecule has 5 heteroatoms. The van der Waals surface area contributed by atoms with Crippen molar-refractivity contribution in [2.24, 2.45) is 0 Å². The number of anilines is 2. The van der Waals surface area contributed by atoms with Crippen LogP contribution in [0, 0.1) is 6.92 Å². The third-order valence-electron chi connectivity index (χ3n) is 2.22. The summed E-state index contributed by atoms with van der Waals surface area (Å²) in [6, 6.07) is 0. The third-order valence-corrected chi connectivity index (χ3v) is 2.22. The normalized spacial score (nSPS) is 10.1.